The Hall–Kier alpha value is -1.10. The monoisotopic (exact) mass is 262 g/mol. The van der Waals surface area contributed by atoms with Crippen LogP contribution in [-0.2, 0) is 7.05 Å². The SMILES string of the molecule is Cc1nn(C)c2nc(N3C[C@@H]4CCC[C@H]3C4)sc12. The predicted molar refractivity (Wildman–Crippen MR) is 74.2 cm³/mol. The molecule has 0 spiro atoms. The summed E-state index contributed by atoms with van der Waals surface area (Å²) < 4.78 is 3.17. The first kappa shape index (κ1) is 10.8. The van der Waals surface area contributed by atoms with Crippen molar-refractivity contribution in [2.24, 2.45) is 13.0 Å². The molecule has 0 amide bonds. The quantitative estimate of drug-likeness (QED) is 0.792. The first-order chi connectivity index (χ1) is 8.72. The lowest BCUT2D eigenvalue weighted by molar-refractivity contribution is 0.415. The summed E-state index contributed by atoms with van der Waals surface area (Å²) in [6.45, 7) is 3.30. The molecule has 3 heterocycles. The van der Waals surface area contributed by atoms with Gasteiger partial charge in [0.25, 0.3) is 0 Å². The van der Waals surface area contributed by atoms with Gasteiger partial charge in [-0.3, -0.25) is 0 Å². The summed E-state index contributed by atoms with van der Waals surface area (Å²) in [5, 5.41) is 5.65. The number of thiazole rings is 1. The van der Waals surface area contributed by atoms with Crippen molar-refractivity contribution >= 4 is 26.8 Å². The molecule has 0 aromatic carbocycles. The van der Waals surface area contributed by atoms with Crippen molar-refractivity contribution in [3.8, 4) is 0 Å². The van der Waals surface area contributed by atoms with Crippen LogP contribution < -0.4 is 4.90 Å². The molecule has 2 fully saturated rings. The second-order valence-corrected chi connectivity index (χ2v) is 6.67. The molecule has 2 aliphatic rings. The van der Waals surface area contributed by atoms with E-state index in [1.54, 1.807) is 0 Å². The Bertz CT molecular complexity index is 565. The van der Waals surface area contributed by atoms with Gasteiger partial charge in [-0.15, -0.1) is 0 Å². The fourth-order valence-corrected chi connectivity index (χ4v) is 4.68. The van der Waals surface area contributed by atoms with E-state index in [1.807, 2.05) is 23.1 Å². The molecule has 18 heavy (non-hydrogen) atoms. The molecular weight excluding hydrogens is 244 g/mol. The van der Waals surface area contributed by atoms with Crippen LogP contribution in [0.4, 0.5) is 5.13 Å². The van der Waals surface area contributed by atoms with Crippen molar-refractivity contribution in [1.82, 2.24) is 14.8 Å². The number of anilines is 1. The lowest BCUT2D eigenvalue weighted by Crippen LogP contribution is -2.28. The molecule has 2 aromatic heterocycles. The second kappa shape index (κ2) is 3.70. The minimum Gasteiger partial charge on any atom is -0.345 e. The largest absolute Gasteiger partial charge is 0.345 e. The first-order valence-corrected chi connectivity index (χ1v) is 7.61. The molecule has 0 radical (unpaired) electrons. The fourth-order valence-electron chi connectivity index (χ4n) is 3.57. The van der Waals surface area contributed by atoms with E-state index in [0.29, 0.717) is 0 Å². The molecule has 4 nitrogen and oxygen atoms in total. The second-order valence-electron chi connectivity index (χ2n) is 5.70. The van der Waals surface area contributed by atoms with Gasteiger partial charge in [-0.05, 0) is 32.1 Å². The minimum absolute atomic E-state index is 0.748. The summed E-state index contributed by atoms with van der Waals surface area (Å²) >= 11 is 1.82. The van der Waals surface area contributed by atoms with Crippen molar-refractivity contribution in [3.63, 3.8) is 0 Å². The highest BCUT2D eigenvalue weighted by molar-refractivity contribution is 7.22. The summed E-state index contributed by atoms with van der Waals surface area (Å²) in [6.07, 6.45) is 5.55. The maximum Gasteiger partial charge on any atom is 0.188 e. The van der Waals surface area contributed by atoms with Crippen molar-refractivity contribution in [2.45, 2.75) is 38.6 Å². The van der Waals surface area contributed by atoms with Crippen LogP contribution in [0.5, 0.6) is 0 Å². The Kier molecular flexibility index (Phi) is 2.22. The summed E-state index contributed by atoms with van der Waals surface area (Å²) in [5.41, 5.74) is 2.16. The maximum atomic E-state index is 4.82. The van der Waals surface area contributed by atoms with E-state index in [-0.39, 0.29) is 0 Å². The Morgan fingerprint density at radius 1 is 1.33 bits per heavy atom. The van der Waals surface area contributed by atoms with Crippen LogP contribution in [0.1, 0.15) is 31.4 Å². The fraction of sp³-hybridized carbons (Fsp3) is 0.692. The molecule has 1 saturated heterocycles. The molecule has 0 unspecified atom stereocenters. The van der Waals surface area contributed by atoms with Gasteiger partial charge in [0.05, 0.1) is 10.4 Å². The highest BCUT2D eigenvalue weighted by atomic mass is 32.1. The number of hydrogen-bond donors (Lipinski definition) is 0. The number of fused-ring (bicyclic) bond motifs is 3. The third-order valence-electron chi connectivity index (χ3n) is 4.43. The zero-order chi connectivity index (χ0) is 12.3. The molecule has 1 aliphatic carbocycles. The third kappa shape index (κ3) is 1.43. The molecule has 1 saturated carbocycles. The van der Waals surface area contributed by atoms with Crippen LogP contribution in [-0.4, -0.2) is 27.4 Å². The van der Waals surface area contributed by atoms with Gasteiger partial charge in [-0.2, -0.15) is 5.10 Å². The van der Waals surface area contributed by atoms with Crippen LogP contribution in [0.15, 0.2) is 0 Å². The van der Waals surface area contributed by atoms with E-state index in [1.165, 1.54) is 42.1 Å². The van der Waals surface area contributed by atoms with Gasteiger partial charge in [0.15, 0.2) is 10.8 Å². The zero-order valence-electron chi connectivity index (χ0n) is 10.9. The molecule has 4 rings (SSSR count). The van der Waals surface area contributed by atoms with Crippen LogP contribution >= 0.6 is 11.3 Å². The van der Waals surface area contributed by atoms with Crippen LogP contribution in [0.3, 0.4) is 0 Å². The number of aryl methyl sites for hydroxylation is 2. The molecule has 5 heteroatoms. The number of rotatable bonds is 1. The lowest BCUT2D eigenvalue weighted by Gasteiger charge is -2.23. The zero-order valence-corrected chi connectivity index (χ0v) is 11.7. The standard InChI is InChI=1S/C13H18N4S/c1-8-11-12(16(2)15-8)14-13(18-11)17-7-9-4-3-5-10(17)6-9/h9-10H,3-7H2,1-2H3/t9-,10+/m1/s1. The Labute approximate surface area is 111 Å². The Morgan fingerprint density at radius 3 is 3.00 bits per heavy atom. The highest BCUT2D eigenvalue weighted by Crippen LogP contribution is 2.41. The van der Waals surface area contributed by atoms with E-state index in [2.05, 4.69) is 16.9 Å². The van der Waals surface area contributed by atoms with Crippen LogP contribution in [0.2, 0.25) is 0 Å². The van der Waals surface area contributed by atoms with Gasteiger partial charge in [0, 0.05) is 19.6 Å². The van der Waals surface area contributed by atoms with Crippen molar-refractivity contribution in [1.29, 1.82) is 0 Å². The Morgan fingerprint density at radius 2 is 2.22 bits per heavy atom. The molecule has 2 bridgehead atoms. The van der Waals surface area contributed by atoms with Gasteiger partial charge in [0.2, 0.25) is 0 Å². The van der Waals surface area contributed by atoms with Gasteiger partial charge in [-0.25, -0.2) is 9.67 Å². The number of hydrogen-bond acceptors (Lipinski definition) is 4. The highest BCUT2D eigenvalue weighted by Gasteiger charge is 2.36. The van der Waals surface area contributed by atoms with Gasteiger partial charge in [-0.1, -0.05) is 17.8 Å². The topological polar surface area (TPSA) is 34.0 Å². The molecule has 1 aliphatic heterocycles. The molecule has 2 atom stereocenters. The van der Waals surface area contributed by atoms with E-state index in [4.69, 9.17) is 4.98 Å². The smallest absolute Gasteiger partial charge is 0.188 e. The van der Waals surface area contributed by atoms with E-state index >= 15 is 0 Å². The third-order valence-corrected chi connectivity index (χ3v) is 5.62. The van der Waals surface area contributed by atoms with Crippen molar-refractivity contribution in [3.05, 3.63) is 5.69 Å². The number of aromatic nitrogens is 3. The van der Waals surface area contributed by atoms with E-state index in [0.717, 1.165) is 23.3 Å². The first-order valence-electron chi connectivity index (χ1n) is 6.79. The lowest BCUT2D eigenvalue weighted by atomic mass is 9.91. The molecule has 0 N–H and O–H groups in total. The van der Waals surface area contributed by atoms with Crippen LogP contribution in [0.25, 0.3) is 10.3 Å². The minimum atomic E-state index is 0.748. The summed E-state index contributed by atoms with van der Waals surface area (Å²) in [6, 6.07) is 0.748. The van der Waals surface area contributed by atoms with Crippen molar-refractivity contribution < 1.29 is 0 Å². The van der Waals surface area contributed by atoms with Gasteiger partial charge >= 0.3 is 0 Å². The summed E-state index contributed by atoms with van der Waals surface area (Å²) in [4.78, 5) is 7.38. The molecular formula is C13H18N4S. The summed E-state index contributed by atoms with van der Waals surface area (Å²) in [5.74, 6) is 0.912. The maximum absolute atomic E-state index is 4.82. The molecule has 96 valence electrons. The van der Waals surface area contributed by atoms with Crippen LogP contribution in [0, 0.1) is 12.8 Å². The van der Waals surface area contributed by atoms with Gasteiger partial charge in [0.1, 0.15) is 0 Å². The summed E-state index contributed by atoms with van der Waals surface area (Å²) in [7, 11) is 1.99. The van der Waals surface area contributed by atoms with E-state index in [9.17, 15) is 0 Å². The normalized spacial score (nSPS) is 27.3. The Balaban J connectivity index is 1.76. The van der Waals surface area contributed by atoms with E-state index < -0.39 is 0 Å². The van der Waals surface area contributed by atoms with Gasteiger partial charge < -0.3 is 4.90 Å². The van der Waals surface area contributed by atoms with Crippen molar-refractivity contribution in [2.75, 3.05) is 11.4 Å². The average molecular weight is 262 g/mol. The predicted octanol–water partition coefficient (Wildman–Crippen LogP) is 2.72. The average Bonchev–Trinajstić information content (AvgIpc) is 2.97. The number of nitrogens with zero attached hydrogens (tertiary/aromatic N) is 4. The molecule has 2 aromatic rings.